The van der Waals surface area contributed by atoms with Crippen molar-refractivity contribution in [2.45, 2.75) is 50.2 Å². The summed E-state index contributed by atoms with van der Waals surface area (Å²) in [5, 5.41) is 7.73. The zero-order chi connectivity index (χ0) is 22.8. The van der Waals surface area contributed by atoms with Crippen LogP contribution in [-0.4, -0.2) is 21.5 Å². The van der Waals surface area contributed by atoms with Crippen molar-refractivity contribution in [1.82, 2.24) is 14.9 Å². The maximum absolute atomic E-state index is 13.7. The van der Waals surface area contributed by atoms with Crippen molar-refractivity contribution in [3.05, 3.63) is 69.1 Å². The number of fused-ring (bicyclic) bond motifs is 1. The number of aromatic nitrogens is 2. The van der Waals surface area contributed by atoms with E-state index in [-0.39, 0.29) is 23.6 Å². The van der Waals surface area contributed by atoms with Crippen LogP contribution >= 0.6 is 34.4 Å². The summed E-state index contributed by atoms with van der Waals surface area (Å²) in [4.78, 5) is 33.4. The SMILES string of the molecule is CC(C)NC(=O)C(Sc1nc2scc(-c3cccs3)c2c(=O)n1C(C)C)c1ccccc1. The van der Waals surface area contributed by atoms with Gasteiger partial charge >= 0.3 is 0 Å². The molecule has 1 unspecified atom stereocenters. The molecule has 0 aliphatic carbocycles. The van der Waals surface area contributed by atoms with Crippen LogP contribution in [0.5, 0.6) is 0 Å². The second-order valence-electron chi connectivity index (χ2n) is 8.04. The van der Waals surface area contributed by atoms with E-state index in [1.54, 1.807) is 15.9 Å². The van der Waals surface area contributed by atoms with Crippen LogP contribution in [0.3, 0.4) is 0 Å². The van der Waals surface area contributed by atoms with E-state index in [1.807, 2.05) is 80.9 Å². The molecule has 0 aliphatic heterocycles. The van der Waals surface area contributed by atoms with Crippen LogP contribution in [0, 0.1) is 0 Å². The number of nitrogens with one attached hydrogen (secondary N) is 1. The lowest BCUT2D eigenvalue weighted by Gasteiger charge is -2.21. The van der Waals surface area contributed by atoms with Crippen molar-refractivity contribution in [3.8, 4) is 10.4 Å². The summed E-state index contributed by atoms with van der Waals surface area (Å²) in [6.07, 6.45) is 0. The van der Waals surface area contributed by atoms with Crippen LogP contribution in [0.1, 0.15) is 44.6 Å². The van der Waals surface area contributed by atoms with Gasteiger partial charge in [0.2, 0.25) is 5.91 Å². The maximum Gasteiger partial charge on any atom is 0.263 e. The highest BCUT2D eigenvalue weighted by Gasteiger charge is 2.27. The minimum Gasteiger partial charge on any atom is -0.353 e. The Bertz CT molecular complexity index is 1280. The molecule has 5 nitrogen and oxygen atoms in total. The number of amides is 1. The number of benzene rings is 1. The molecule has 1 aromatic carbocycles. The quantitative estimate of drug-likeness (QED) is 0.254. The third kappa shape index (κ3) is 4.53. The molecule has 3 aromatic heterocycles. The van der Waals surface area contributed by atoms with Gasteiger partial charge in [-0.3, -0.25) is 14.2 Å². The first-order valence-electron chi connectivity index (χ1n) is 10.5. The van der Waals surface area contributed by atoms with Crippen LogP contribution in [-0.2, 0) is 4.79 Å². The van der Waals surface area contributed by atoms with Crippen molar-refractivity contribution in [1.29, 1.82) is 0 Å². The molecule has 0 fully saturated rings. The monoisotopic (exact) mass is 483 g/mol. The minimum absolute atomic E-state index is 0.0164. The molecule has 0 bridgehead atoms. The molecule has 166 valence electrons. The van der Waals surface area contributed by atoms with Crippen molar-refractivity contribution in [2.75, 3.05) is 0 Å². The summed E-state index contributed by atoms with van der Waals surface area (Å²) in [5.41, 5.74) is 1.75. The number of thiophene rings is 2. The Morgan fingerprint density at radius 2 is 1.81 bits per heavy atom. The van der Waals surface area contributed by atoms with E-state index in [0.717, 1.165) is 16.0 Å². The first kappa shape index (κ1) is 22.8. The van der Waals surface area contributed by atoms with Crippen LogP contribution in [0.2, 0.25) is 0 Å². The Balaban J connectivity index is 1.84. The van der Waals surface area contributed by atoms with Crippen molar-refractivity contribution in [3.63, 3.8) is 0 Å². The van der Waals surface area contributed by atoms with Gasteiger partial charge in [-0.15, -0.1) is 22.7 Å². The Labute approximate surface area is 199 Å². The lowest BCUT2D eigenvalue weighted by atomic mass is 10.1. The molecule has 1 atom stereocenters. The molecule has 3 heterocycles. The van der Waals surface area contributed by atoms with Gasteiger partial charge in [0.25, 0.3) is 5.56 Å². The summed E-state index contributed by atoms with van der Waals surface area (Å²) < 4.78 is 1.72. The van der Waals surface area contributed by atoms with Gasteiger partial charge in [-0.2, -0.15) is 0 Å². The smallest absolute Gasteiger partial charge is 0.263 e. The van der Waals surface area contributed by atoms with E-state index in [4.69, 9.17) is 4.98 Å². The van der Waals surface area contributed by atoms with Gasteiger partial charge in [0.1, 0.15) is 10.1 Å². The van der Waals surface area contributed by atoms with Gasteiger partial charge in [-0.25, -0.2) is 4.98 Å². The van der Waals surface area contributed by atoms with E-state index in [2.05, 4.69) is 5.32 Å². The second kappa shape index (κ2) is 9.60. The molecule has 0 aliphatic rings. The van der Waals surface area contributed by atoms with Crippen molar-refractivity contribution in [2.24, 2.45) is 0 Å². The Morgan fingerprint density at radius 3 is 2.44 bits per heavy atom. The Morgan fingerprint density at radius 1 is 1.06 bits per heavy atom. The average molecular weight is 484 g/mol. The fourth-order valence-electron chi connectivity index (χ4n) is 3.50. The topological polar surface area (TPSA) is 64.0 Å². The van der Waals surface area contributed by atoms with E-state index in [9.17, 15) is 9.59 Å². The first-order valence-corrected chi connectivity index (χ1v) is 13.1. The van der Waals surface area contributed by atoms with Gasteiger partial charge in [0.15, 0.2) is 5.16 Å². The van der Waals surface area contributed by atoms with E-state index >= 15 is 0 Å². The predicted octanol–water partition coefficient (Wildman–Crippen LogP) is 6.13. The Hall–Kier alpha value is -2.42. The zero-order valence-corrected chi connectivity index (χ0v) is 20.8. The summed E-state index contributed by atoms with van der Waals surface area (Å²) in [7, 11) is 0. The molecule has 1 amide bonds. The molecule has 1 N–H and O–H groups in total. The molecular formula is C24H25N3O2S3. The van der Waals surface area contributed by atoms with E-state index in [0.29, 0.717) is 15.4 Å². The third-order valence-corrected chi connectivity index (χ3v) is 7.90. The molecule has 4 aromatic rings. The molecule has 0 spiro atoms. The largest absolute Gasteiger partial charge is 0.353 e. The van der Waals surface area contributed by atoms with Crippen LogP contribution in [0.25, 0.3) is 20.7 Å². The highest BCUT2D eigenvalue weighted by atomic mass is 32.2. The number of thioether (sulfide) groups is 1. The maximum atomic E-state index is 13.7. The third-order valence-electron chi connectivity index (χ3n) is 4.91. The Kier molecular flexibility index (Phi) is 6.83. The highest BCUT2D eigenvalue weighted by molar-refractivity contribution is 8.00. The summed E-state index contributed by atoms with van der Waals surface area (Å²) in [6.45, 7) is 7.83. The van der Waals surface area contributed by atoms with E-state index in [1.165, 1.54) is 23.1 Å². The molecule has 4 rings (SSSR count). The molecular weight excluding hydrogens is 458 g/mol. The molecule has 0 saturated carbocycles. The van der Waals surface area contributed by atoms with Crippen LogP contribution in [0.4, 0.5) is 0 Å². The first-order chi connectivity index (χ1) is 15.4. The van der Waals surface area contributed by atoms with Gasteiger partial charge in [0, 0.05) is 27.9 Å². The van der Waals surface area contributed by atoms with Crippen LogP contribution in [0.15, 0.2) is 63.2 Å². The van der Waals surface area contributed by atoms with Gasteiger partial charge in [-0.1, -0.05) is 48.2 Å². The minimum atomic E-state index is -0.510. The van der Waals surface area contributed by atoms with Crippen molar-refractivity contribution < 1.29 is 4.79 Å². The number of carbonyl (C=O) groups is 1. The highest BCUT2D eigenvalue weighted by Crippen LogP contribution is 2.38. The normalized spacial score (nSPS) is 12.6. The fraction of sp³-hybridized carbons (Fsp3) is 0.292. The predicted molar refractivity (Wildman–Crippen MR) is 136 cm³/mol. The number of hydrogen-bond acceptors (Lipinski definition) is 6. The molecule has 0 radical (unpaired) electrons. The average Bonchev–Trinajstić information content (AvgIpc) is 3.41. The van der Waals surface area contributed by atoms with Gasteiger partial charge < -0.3 is 5.32 Å². The number of hydrogen-bond donors (Lipinski definition) is 1. The number of rotatable bonds is 7. The van der Waals surface area contributed by atoms with Gasteiger partial charge in [0.05, 0.1) is 5.39 Å². The molecule has 32 heavy (non-hydrogen) atoms. The fourth-order valence-corrected chi connectivity index (χ4v) is 6.54. The standard InChI is InChI=1S/C24H25N3O2S3/c1-14(2)25-21(28)20(16-9-6-5-7-10-16)32-24-26-22-19(23(29)27(24)15(3)4)17(13-31-22)18-11-8-12-30-18/h5-15,20H,1-4H3,(H,25,28). The van der Waals surface area contributed by atoms with Crippen molar-refractivity contribution >= 4 is 50.6 Å². The lowest BCUT2D eigenvalue weighted by Crippen LogP contribution is -2.34. The second-order valence-corrected chi connectivity index (χ2v) is 10.9. The summed E-state index contributed by atoms with van der Waals surface area (Å²) in [6, 6.07) is 13.6. The van der Waals surface area contributed by atoms with Crippen LogP contribution < -0.4 is 10.9 Å². The zero-order valence-electron chi connectivity index (χ0n) is 18.4. The molecule has 0 saturated heterocycles. The number of nitrogens with zero attached hydrogens (tertiary/aromatic N) is 2. The van der Waals surface area contributed by atoms with E-state index < -0.39 is 5.25 Å². The summed E-state index contributed by atoms with van der Waals surface area (Å²) >= 11 is 4.42. The van der Waals surface area contributed by atoms with Gasteiger partial charge in [-0.05, 0) is 44.7 Å². The lowest BCUT2D eigenvalue weighted by molar-refractivity contribution is -0.121. The molecule has 8 heteroatoms. The summed E-state index contributed by atoms with van der Waals surface area (Å²) in [5.74, 6) is -0.0914. The number of carbonyl (C=O) groups excluding carboxylic acids is 1.